The van der Waals surface area contributed by atoms with Gasteiger partial charge in [0.05, 0.1) is 35.8 Å². The first kappa shape index (κ1) is 21.2. The number of rotatable bonds is 4. The van der Waals surface area contributed by atoms with Crippen LogP contribution in [0.5, 0.6) is 0 Å². The normalized spacial score (nSPS) is 16.0. The Labute approximate surface area is 185 Å². The van der Waals surface area contributed by atoms with Gasteiger partial charge in [0, 0.05) is 24.8 Å². The van der Waals surface area contributed by atoms with Crippen molar-refractivity contribution in [1.82, 2.24) is 14.5 Å². The molecule has 162 valence electrons. The number of pyridine rings is 2. The Morgan fingerprint density at radius 1 is 1.06 bits per heavy atom. The number of methoxy groups -OCH3 is 2. The lowest BCUT2D eigenvalue weighted by Crippen LogP contribution is -2.41. The van der Waals surface area contributed by atoms with Crippen molar-refractivity contribution in [3.63, 3.8) is 0 Å². The Morgan fingerprint density at radius 3 is 2.31 bits per heavy atom. The highest BCUT2D eigenvalue weighted by atomic mass is 32.1. The van der Waals surface area contributed by atoms with E-state index in [9.17, 15) is 14.4 Å². The third-order valence-electron chi connectivity index (χ3n) is 4.96. The van der Waals surface area contributed by atoms with Crippen LogP contribution in [0.4, 0.5) is 0 Å². The zero-order valence-corrected chi connectivity index (χ0v) is 18.0. The van der Waals surface area contributed by atoms with Gasteiger partial charge in [-0.15, -0.1) is 11.3 Å². The molecule has 3 aromatic rings. The number of fused-ring (bicyclic) bond motifs is 1. The summed E-state index contributed by atoms with van der Waals surface area (Å²) in [6.45, 7) is 0. The molecule has 9 nitrogen and oxygen atoms in total. The second-order valence-corrected chi connectivity index (χ2v) is 7.79. The number of hydrogen-bond acceptors (Lipinski definition) is 9. The Bertz CT molecular complexity index is 1410. The van der Waals surface area contributed by atoms with Crippen molar-refractivity contribution in [3.8, 4) is 0 Å². The largest absolute Gasteiger partial charge is 0.466 e. The van der Waals surface area contributed by atoms with Crippen LogP contribution in [0, 0.1) is 0 Å². The molecule has 1 atom stereocenters. The summed E-state index contributed by atoms with van der Waals surface area (Å²) < 4.78 is 11.7. The third-order valence-corrected chi connectivity index (χ3v) is 6.07. The van der Waals surface area contributed by atoms with Crippen molar-refractivity contribution in [3.05, 3.63) is 85.3 Å². The lowest BCUT2D eigenvalue weighted by molar-refractivity contribution is -0.136. The molecule has 0 unspecified atom stereocenters. The zero-order valence-electron chi connectivity index (χ0n) is 17.1. The van der Waals surface area contributed by atoms with Crippen molar-refractivity contribution in [2.24, 2.45) is 5.73 Å². The first-order valence-electron chi connectivity index (χ1n) is 9.42. The van der Waals surface area contributed by atoms with Crippen molar-refractivity contribution in [1.29, 1.82) is 0 Å². The number of aromatic nitrogens is 3. The van der Waals surface area contributed by atoms with Gasteiger partial charge in [0.1, 0.15) is 10.5 Å². The summed E-state index contributed by atoms with van der Waals surface area (Å²) in [6, 6.07) is 6.91. The Morgan fingerprint density at radius 2 is 1.72 bits per heavy atom. The van der Waals surface area contributed by atoms with Crippen molar-refractivity contribution < 1.29 is 19.1 Å². The first-order chi connectivity index (χ1) is 15.5. The van der Waals surface area contributed by atoms with Gasteiger partial charge in [-0.05, 0) is 29.3 Å². The molecule has 0 saturated carbocycles. The van der Waals surface area contributed by atoms with Crippen LogP contribution in [0.2, 0.25) is 0 Å². The van der Waals surface area contributed by atoms with Gasteiger partial charge >= 0.3 is 11.9 Å². The highest BCUT2D eigenvalue weighted by Crippen LogP contribution is 2.37. The number of esters is 2. The highest BCUT2D eigenvalue weighted by molar-refractivity contribution is 7.07. The van der Waals surface area contributed by atoms with E-state index in [1.54, 1.807) is 48.9 Å². The molecular weight excluding hydrogens is 432 g/mol. The molecular formula is C22H18N4O5S. The fourth-order valence-electron chi connectivity index (χ4n) is 3.56. The van der Waals surface area contributed by atoms with E-state index in [-0.39, 0.29) is 21.6 Å². The molecule has 0 bridgehead atoms. The second kappa shape index (κ2) is 8.60. The number of nitrogens with two attached hydrogens (primary N) is 1. The maximum Gasteiger partial charge on any atom is 0.338 e. The molecule has 4 rings (SSSR count). The number of ether oxygens (including phenoxy) is 2. The van der Waals surface area contributed by atoms with Gasteiger partial charge in [-0.3, -0.25) is 19.3 Å². The molecule has 0 spiro atoms. The molecule has 3 aromatic heterocycles. The maximum absolute atomic E-state index is 13.3. The van der Waals surface area contributed by atoms with Crippen LogP contribution in [-0.4, -0.2) is 40.7 Å². The monoisotopic (exact) mass is 450 g/mol. The molecule has 0 aromatic carbocycles. The van der Waals surface area contributed by atoms with Gasteiger partial charge in [-0.25, -0.2) is 9.59 Å². The van der Waals surface area contributed by atoms with Crippen LogP contribution in [-0.2, 0) is 19.1 Å². The van der Waals surface area contributed by atoms with E-state index in [1.807, 2.05) is 0 Å². The summed E-state index contributed by atoms with van der Waals surface area (Å²) in [7, 11) is 2.43. The van der Waals surface area contributed by atoms with E-state index in [1.165, 1.54) is 20.4 Å². The minimum absolute atomic E-state index is 0.0405. The average Bonchev–Trinajstić information content (AvgIpc) is 3.15. The fraction of sp³-hybridized carbons (Fsp3) is 0.136. The topological polar surface area (TPSA) is 126 Å². The lowest BCUT2D eigenvalue weighted by Gasteiger charge is -2.26. The fourth-order valence-corrected chi connectivity index (χ4v) is 4.72. The summed E-state index contributed by atoms with van der Waals surface area (Å²) in [5.41, 5.74) is 7.15. The quantitative estimate of drug-likeness (QED) is 0.549. The summed E-state index contributed by atoms with van der Waals surface area (Å²) in [4.78, 5) is 47.1. The Balaban J connectivity index is 2.14. The van der Waals surface area contributed by atoms with Crippen molar-refractivity contribution >= 4 is 40.7 Å². The van der Waals surface area contributed by atoms with E-state index < -0.39 is 23.4 Å². The molecule has 0 saturated heterocycles. The summed E-state index contributed by atoms with van der Waals surface area (Å²) in [6.07, 6.45) is 7.95. The summed E-state index contributed by atoms with van der Waals surface area (Å²) >= 11 is 1.07. The van der Waals surface area contributed by atoms with Crippen molar-refractivity contribution in [2.45, 2.75) is 5.92 Å². The van der Waals surface area contributed by atoms with Crippen LogP contribution in [0.1, 0.15) is 17.0 Å². The zero-order chi connectivity index (χ0) is 22.8. The Hall–Kier alpha value is -4.05. The minimum Gasteiger partial charge on any atom is -0.466 e. The lowest BCUT2D eigenvalue weighted by atomic mass is 9.84. The van der Waals surface area contributed by atoms with Crippen molar-refractivity contribution in [2.75, 3.05) is 14.2 Å². The summed E-state index contributed by atoms with van der Waals surface area (Å²) in [5.74, 6) is -2.50. The summed E-state index contributed by atoms with van der Waals surface area (Å²) in [5, 5.41) is 0. The van der Waals surface area contributed by atoms with E-state index in [4.69, 9.17) is 15.2 Å². The third kappa shape index (κ3) is 3.50. The average molecular weight is 450 g/mol. The van der Waals surface area contributed by atoms with Gasteiger partial charge in [0.2, 0.25) is 0 Å². The second-order valence-electron chi connectivity index (χ2n) is 6.76. The number of carbonyl (C=O) groups excluding carboxylic acids is 2. The van der Waals surface area contributed by atoms with Gasteiger partial charge < -0.3 is 15.2 Å². The smallest absolute Gasteiger partial charge is 0.338 e. The van der Waals surface area contributed by atoms with Crippen LogP contribution < -0.4 is 20.5 Å². The molecule has 1 aliphatic heterocycles. The van der Waals surface area contributed by atoms with Crippen LogP contribution >= 0.6 is 11.3 Å². The van der Waals surface area contributed by atoms with E-state index in [2.05, 4.69) is 9.97 Å². The highest BCUT2D eigenvalue weighted by Gasteiger charge is 2.39. The van der Waals surface area contributed by atoms with E-state index >= 15 is 0 Å². The molecule has 4 heterocycles. The minimum atomic E-state index is -0.923. The number of nitrogens with zero attached hydrogens (tertiary/aromatic N) is 3. The maximum atomic E-state index is 13.3. The predicted molar refractivity (Wildman–Crippen MR) is 117 cm³/mol. The molecule has 2 N–H and O–H groups in total. The van der Waals surface area contributed by atoms with Crippen LogP contribution in [0.3, 0.4) is 0 Å². The standard InChI is InChI=1S/C22H18N4O5S/c1-30-21(28)16-15(13-6-4-8-25-11-13)17(22(29)31-2)20-26(18(16)23)19(27)14(32-20)9-12-5-3-7-24-10-12/h3-11,15H,23H2,1-2H3/b14-9+/t15-/m0/s1. The van der Waals surface area contributed by atoms with Gasteiger partial charge in [-0.1, -0.05) is 12.1 Å². The predicted octanol–water partition coefficient (Wildman–Crippen LogP) is -0.0500. The van der Waals surface area contributed by atoms with Gasteiger partial charge in [-0.2, -0.15) is 0 Å². The molecule has 0 amide bonds. The SMILES string of the molecule is COC(=O)C1=C(N)n2c(s/c(=C/c3cccnc3)c2=O)=C(C(=O)OC)[C@H]1c1cccnc1. The molecule has 10 heteroatoms. The molecule has 1 aliphatic rings. The molecule has 32 heavy (non-hydrogen) atoms. The first-order valence-corrected chi connectivity index (χ1v) is 10.2. The Kier molecular flexibility index (Phi) is 5.69. The number of carbonyl (C=O) groups is 2. The van der Waals surface area contributed by atoms with Crippen LogP contribution in [0.25, 0.3) is 17.5 Å². The number of thiazole rings is 1. The van der Waals surface area contributed by atoms with E-state index in [0.29, 0.717) is 15.7 Å². The van der Waals surface area contributed by atoms with Gasteiger partial charge in [0.15, 0.2) is 0 Å². The van der Waals surface area contributed by atoms with Crippen LogP contribution in [0.15, 0.2) is 59.4 Å². The molecule has 0 radical (unpaired) electrons. The van der Waals surface area contributed by atoms with E-state index in [0.717, 1.165) is 15.9 Å². The molecule has 0 aliphatic carbocycles. The van der Waals surface area contributed by atoms with Gasteiger partial charge in [0.25, 0.3) is 5.56 Å². The molecule has 0 fully saturated rings. The number of hydrogen-bond donors (Lipinski definition) is 1.